The topological polar surface area (TPSA) is 35.5 Å². The molecule has 0 aliphatic carbocycles. The van der Waals surface area contributed by atoms with E-state index < -0.39 is 8.25 Å². The highest BCUT2D eigenvalue weighted by Gasteiger charge is 1.87. The number of hydrogen-bond donors (Lipinski definition) is 0. The highest BCUT2D eigenvalue weighted by molar-refractivity contribution is 7.33. The van der Waals surface area contributed by atoms with E-state index in [9.17, 15) is 4.57 Å². The van der Waals surface area contributed by atoms with Gasteiger partial charge in [0, 0.05) is 7.11 Å². The van der Waals surface area contributed by atoms with Crippen LogP contribution in [0.15, 0.2) is 0 Å². The molecule has 0 radical (unpaired) electrons. The van der Waals surface area contributed by atoms with Crippen molar-refractivity contribution in [1.29, 1.82) is 0 Å². The Morgan fingerprint density at radius 2 is 2.29 bits per heavy atom. The summed E-state index contributed by atoms with van der Waals surface area (Å²) < 4.78 is 19.0. The third-order valence-corrected chi connectivity index (χ3v) is 1.29. The van der Waals surface area contributed by atoms with Crippen LogP contribution in [0.5, 0.6) is 0 Å². The van der Waals surface area contributed by atoms with Gasteiger partial charge in [-0.1, -0.05) is 0 Å². The van der Waals surface area contributed by atoms with Crippen LogP contribution in [0.4, 0.5) is 0 Å². The molecule has 0 aromatic heterocycles. The van der Waals surface area contributed by atoms with Crippen LogP contribution in [0.1, 0.15) is 6.92 Å². The van der Waals surface area contributed by atoms with E-state index in [1.807, 2.05) is 0 Å². The van der Waals surface area contributed by atoms with Gasteiger partial charge in [-0.3, -0.25) is 4.57 Å². The van der Waals surface area contributed by atoms with E-state index >= 15 is 0 Å². The Kier molecular flexibility index (Phi) is 4.41. The molecule has 7 heavy (non-hydrogen) atoms. The van der Waals surface area contributed by atoms with Gasteiger partial charge in [-0.2, -0.15) is 0 Å². The standard InChI is InChI=1S/C3H9O3P/c1-3-6-7(4)5-2/h7H,3H2,1-2H3. The molecule has 0 spiro atoms. The van der Waals surface area contributed by atoms with Crippen LogP contribution in [-0.4, -0.2) is 13.7 Å². The monoisotopic (exact) mass is 124 g/mol. The van der Waals surface area contributed by atoms with E-state index in [0.717, 1.165) is 0 Å². The molecule has 0 saturated carbocycles. The van der Waals surface area contributed by atoms with Crippen LogP contribution in [-0.2, 0) is 13.6 Å². The summed E-state index contributed by atoms with van der Waals surface area (Å²) in [4.78, 5) is 0. The molecular formula is C3H9O3P. The molecule has 0 aliphatic heterocycles. The number of rotatable bonds is 3. The lowest BCUT2D eigenvalue weighted by Gasteiger charge is -1.94. The molecular weight excluding hydrogens is 115 g/mol. The van der Waals surface area contributed by atoms with E-state index in [4.69, 9.17) is 0 Å². The minimum Gasteiger partial charge on any atom is -0.314 e. The fourth-order valence-electron chi connectivity index (χ4n) is 0.177. The summed E-state index contributed by atoms with van der Waals surface area (Å²) in [6.07, 6.45) is 0. The third-order valence-electron chi connectivity index (χ3n) is 0.429. The van der Waals surface area contributed by atoms with Crippen molar-refractivity contribution in [2.75, 3.05) is 13.7 Å². The summed E-state index contributed by atoms with van der Waals surface area (Å²) in [5, 5.41) is 0. The Labute approximate surface area is 43.6 Å². The molecule has 1 atom stereocenters. The third kappa shape index (κ3) is 3.99. The zero-order chi connectivity index (χ0) is 5.70. The summed E-state index contributed by atoms with van der Waals surface area (Å²) in [5.74, 6) is 0. The van der Waals surface area contributed by atoms with E-state index in [1.165, 1.54) is 7.11 Å². The highest BCUT2D eigenvalue weighted by Crippen LogP contribution is 2.20. The van der Waals surface area contributed by atoms with Crippen LogP contribution >= 0.6 is 8.25 Å². The maximum atomic E-state index is 10.2. The van der Waals surface area contributed by atoms with Crippen molar-refractivity contribution >= 4 is 8.25 Å². The van der Waals surface area contributed by atoms with Crippen LogP contribution < -0.4 is 0 Å². The van der Waals surface area contributed by atoms with E-state index in [1.54, 1.807) is 6.92 Å². The van der Waals surface area contributed by atoms with Gasteiger partial charge in [-0.25, -0.2) is 0 Å². The Morgan fingerprint density at radius 1 is 1.71 bits per heavy atom. The Bertz CT molecular complexity index is 63.2. The van der Waals surface area contributed by atoms with Crippen molar-refractivity contribution in [3.05, 3.63) is 0 Å². The first-order valence-electron chi connectivity index (χ1n) is 2.02. The van der Waals surface area contributed by atoms with E-state index in [-0.39, 0.29) is 0 Å². The summed E-state index contributed by atoms with van der Waals surface area (Å²) in [6.45, 7) is 2.22. The van der Waals surface area contributed by atoms with Crippen molar-refractivity contribution in [1.82, 2.24) is 0 Å². The second-order valence-electron chi connectivity index (χ2n) is 0.887. The first kappa shape index (κ1) is 7.15. The quantitative estimate of drug-likeness (QED) is 0.527. The SMILES string of the molecule is CCO[PH](=O)OC. The lowest BCUT2D eigenvalue weighted by Crippen LogP contribution is -1.76. The van der Waals surface area contributed by atoms with Crippen molar-refractivity contribution in [2.45, 2.75) is 6.92 Å². The van der Waals surface area contributed by atoms with Gasteiger partial charge in [0.15, 0.2) is 0 Å². The summed E-state index contributed by atoms with van der Waals surface area (Å²) >= 11 is 0. The fourth-order valence-corrected chi connectivity index (χ4v) is 0.530. The minimum absolute atomic E-state index is 0.450. The Hall–Kier alpha value is 0.150. The van der Waals surface area contributed by atoms with Crippen molar-refractivity contribution < 1.29 is 13.6 Å². The zero-order valence-corrected chi connectivity index (χ0v) is 5.43. The molecule has 0 bridgehead atoms. The van der Waals surface area contributed by atoms with E-state index in [0.29, 0.717) is 6.61 Å². The van der Waals surface area contributed by atoms with Gasteiger partial charge >= 0.3 is 8.25 Å². The van der Waals surface area contributed by atoms with Gasteiger partial charge < -0.3 is 9.05 Å². The molecule has 0 rings (SSSR count). The van der Waals surface area contributed by atoms with Gasteiger partial charge in [0.2, 0.25) is 0 Å². The maximum Gasteiger partial charge on any atom is 0.318 e. The number of hydrogen-bond acceptors (Lipinski definition) is 3. The molecule has 1 unspecified atom stereocenters. The summed E-state index contributed by atoms with van der Waals surface area (Å²) in [6, 6.07) is 0. The molecule has 4 heteroatoms. The molecule has 0 heterocycles. The van der Waals surface area contributed by atoms with Crippen LogP contribution in [0, 0.1) is 0 Å². The predicted molar refractivity (Wildman–Crippen MR) is 27.6 cm³/mol. The van der Waals surface area contributed by atoms with Crippen molar-refractivity contribution in [3.63, 3.8) is 0 Å². The minimum atomic E-state index is -2.13. The molecule has 44 valence electrons. The molecule has 0 aliphatic rings. The smallest absolute Gasteiger partial charge is 0.314 e. The Balaban J connectivity index is 3.00. The van der Waals surface area contributed by atoms with Gasteiger partial charge in [0.1, 0.15) is 0 Å². The summed E-state index contributed by atoms with van der Waals surface area (Å²) in [5.41, 5.74) is 0. The highest BCUT2D eigenvalue weighted by atomic mass is 31.1. The largest absolute Gasteiger partial charge is 0.318 e. The first-order valence-corrected chi connectivity index (χ1v) is 3.24. The van der Waals surface area contributed by atoms with E-state index in [2.05, 4.69) is 9.05 Å². The average molecular weight is 124 g/mol. The van der Waals surface area contributed by atoms with Crippen LogP contribution in [0.25, 0.3) is 0 Å². The average Bonchev–Trinajstić information content (AvgIpc) is 1.68. The molecule has 0 amide bonds. The Morgan fingerprint density at radius 3 is 2.43 bits per heavy atom. The lowest BCUT2D eigenvalue weighted by atomic mass is 10.9. The molecule has 0 fully saturated rings. The van der Waals surface area contributed by atoms with Gasteiger partial charge in [0.25, 0.3) is 0 Å². The van der Waals surface area contributed by atoms with Crippen molar-refractivity contribution in [3.8, 4) is 0 Å². The predicted octanol–water partition coefficient (Wildman–Crippen LogP) is 1.06. The van der Waals surface area contributed by atoms with Gasteiger partial charge in [-0.15, -0.1) is 0 Å². The van der Waals surface area contributed by atoms with Gasteiger partial charge in [-0.05, 0) is 6.92 Å². The fraction of sp³-hybridized carbons (Fsp3) is 1.00. The normalized spacial score (nSPS) is 14.0. The van der Waals surface area contributed by atoms with Crippen LogP contribution in [0.3, 0.4) is 0 Å². The van der Waals surface area contributed by atoms with Crippen LogP contribution in [0.2, 0.25) is 0 Å². The first-order chi connectivity index (χ1) is 3.31. The lowest BCUT2D eigenvalue weighted by molar-refractivity contribution is 0.268. The van der Waals surface area contributed by atoms with Gasteiger partial charge in [0.05, 0.1) is 6.61 Å². The molecule has 0 aromatic rings. The summed E-state index contributed by atoms with van der Waals surface area (Å²) in [7, 11) is -0.772. The van der Waals surface area contributed by atoms with Crippen molar-refractivity contribution in [2.24, 2.45) is 0 Å². The zero-order valence-electron chi connectivity index (χ0n) is 4.43. The molecule has 0 aromatic carbocycles. The molecule has 0 N–H and O–H groups in total. The maximum absolute atomic E-state index is 10.2. The second kappa shape index (κ2) is 4.31. The molecule has 0 saturated heterocycles. The molecule has 3 nitrogen and oxygen atoms in total. The second-order valence-corrected chi connectivity index (χ2v) is 2.08.